The predicted octanol–water partition coefficient (Wildman–Crippen LogP) is 4.94. The highest BCUT2D eigenvalue weighted by Gasteiger charge is 2.46. The van der Waals surface area contributed by atoms with E-state index >= 15 is 0 Å². The van der Waals surface area contributed by atoms with E-state index in [1.807, 2.05) is 85.7 Å². The number of carbonyl (C=O) groups is 2. The van der Waals surface area contributed by atoms with Gasteiger partial charge in [0.1, 0.15) is 5.76 Å². The predicted molar refractivity (Wildman–Crippen MR) is 128 cm³/mol. The number of carbonyl (C=O) groups excluding carboxylic acids is 2. The number of ketones is 1. The first-order chi connectivity index (χ1) is 15.4. The summed E-state index contributed by atoms with van der Waals surface area (Å²) >= 11 is 0. The van der Waals surface area contributed by atoms with Crippen molar-refractivity contribution in [1.82, 2.24) is 0 Å². The van der Waals surface area contributed by atoms with Crippen molar-refractivity contribution in [2.24, 2.45) is 0 Å². The van der Waals surface area contributed by atoms with Crippen molar-refractivity contribution in [1.29, 1.82) is 0 Å². The number of aliphatic hydroxyl groups excluding tert-OH is 1. The molecule has 32 heavy (non-hydrogen) atoms. The number of aryl methyl sites for hydroxylation is 1. The molecule has 0 spiro atoms. The van der Waals surface area contributed by atoms with Crippen LogP contribution in [-0.4, -0.2) is 30.9 Å². The Kier molecular flexibility index (Phi) is 5.82. The van der Waals surface area contributed by atoms with Gasteiger partial charge in [0.2, 0.25) is 0 Å². The summed E-state index contributed by atoms with van der Waals surface area (Å²) in [7, 11) is 3.88. The summed E-state index contributed by atoms with van der Waals surface area (Å²) in [5.74, 6) is -1.50. The maximum atomic E-state index is 13.2. The summed E-state index contributed by atoms with van der Waals surface area (Å²) in [5, 5.41) is 11.2. The Labute approximate surface area is 188 Å². The van der Waals surface area contributed by atoms with Crippen LogP contribution < -0.4 is 9.80 Å². The van der Waals surface area contributed by atoms with Crippen LogP contribution in [0, 0.1) is 0 Å². The fraction of sp³-hybridized carbons (Fsp3) is 0.185. The maximum absolute atomic E-state index is 13.2. The van der Waals surface area contributed by atoms with E-state index < -0.39 is 17.7 Å². The Morgan fingerprint density at radius 3 is 2.09 bits per heavy atom. The first-order valence-electron chi connectivity index (χ1n) is 10.6. The normalized spacial score (nSPS) is 17.6. The zero-order valence-electron chi connectivity index (χ0n) is 18.4. The van der Waals surface area contributed by atoms with Crippen molar-refractivity contribution in [3.63, 3.8) is 0 Å². The van der Waals surface area contributed by atoms with E-state index in [0.29, 0.717) is 11.3 Å². The molecule has 1 atom stereocenters. The zero-order valence-corrected chi connectivity index (χ0v) is 18.4. The average Bonchev–Trinajstić information content (AvgIpc) is 3.09. The van der Waals surface area contributed by atoms with Gasteiger partial charge < -0.3 is 10.0 Å². The Morgan fingerprint density at radius 1 is 0.906 bits per heavy atom. The van der Waals surface area contributed by atoms with E-state index in [1.54, 1.807) is 12.1 Å². The third kappa shape index (κ3) is 3.78. The second-order valence-corrected chi connectivity index (χ2v) is 8.04. The fourth-order valence-corrected chi connectivity index (χ4v) is 4.01. The molecule has 1 fully saturated rings. The van der Waals surface area contributed by atoms with Crippen molar-refractivity contribution < 1.29 is 14.7 Å². The number of rotatable bonds is 5. The van der Waals surface area contributed by atoms with Gasteiger partial charge in [-0.05, 0) is 41.8 Å². The minimum atomic E-state index is -0.716. The third-order valence-corrected chi connectivity index (χ3v) is 5.84. The van der Waals surface area contributed by atoms with Crippen LogP contribution in [0.25, 0.3) is 5.76 Å². The summed E-state index contributed by atoms with van der Waals surface area (Å²) in [6.45, 7) is 2.05. The summed E-state index contributed by atoms with van der Waals surface area (Å²) in [4.78, 5) is 29.8. The standard InChI is InChI=1S/C27H26N2O3/c1-4-18-10-12-20(13-11-18)25(30)23-24(19-8-6-5-7-9-19)29(27(32)26(23)31)22-16-14-21(15-17-22)28(2)3/h5-17,24,30H,4H2,1-3H3/b25-23+. The smallest absolute Gasteiger partial charge is 0.300 e. The van der Waals surface area contributed by atoms with Gasteiger partial charge in [0.05, 0.1) is 11.6 Å². The first kappa shape index (κ1) is 21.4. The molecule has 1 saturated heterocycles. The highest BCUT2D eigenvalue weighted by molar-refractivity contribution is 6.51. The molecule has 3 aromatic rings. The molecule has 0 radical (unpaired) electrons. The first-order valence-corrected chi connectivity index (χ1v) is 10.6. The van der Waals surface area contributed by atoms with Crippen molar-refractivity contribution >= 4 is 28.8 Å². The number of Topliss-reactive ketones (excluding diaryl/α,β-unsaturated/α-hetero) is 1. The van der Waals surface area contributed by atoms with E-state index in [0.717, 1.165) is 23.2 Å². The summed E-state index contributed by atoms with van der Waals surface area (Å²) in [6.07, 6.45) is 0.873. The van der Waals surface area contributed by atoms with E-state index in [2.05, 4.69) is 6.92 Å². The molecule has 1 amide bonds. The largest absolute Gasteiger partial charge is 0.507 e. The van der Waals surface area contributed by atoms with Crippen LogP contribution >= 0.6 is 0 Å². The van der Waals surface area contributed by atoms with Gasteiger partial charge in [-0.15, -0.1) is 0 Å². The van der Waals surface area contributed by atoms with E-state index in [9.17, 15) is 14.7 Å². The fourth-order valence-electron chi connectivity index (χ4n) is 4.01. The average molecular weight is 427 g/mol. The minimum Gasteiger partial charge on any atom is -0.507 e. The van der Waals surface area contributed by atoms with Gasteiger partial charge in [0, 0.05) is 31.0 Å². The molecule has 0 bridgehead atoms. The number of amides is 1. The molecule has 5 heteroatoms. The molecular weight excluding hydrogens is 400 g/mol. The van der Waals surface area contributed by atoms with Crippen LogP contribution in [0.3, 0.4) is 0 Å². The van der Waals surface area contributed by atoms with Crippen LogP contribution in [0.15, 0.2) is 84.4 Å². The van der Waals surface area contributed by atoms with Crippen LogP contribution in [0.1, 0.15) is 29.7 Å². The van der Waals surface area contributed by atoms with E-state index in [4.69, 9.17) is 0 Å². The number of hydrogen-bond acceptors (Lipinski definition) is 4. The molecule has 1 aliphatic heterocycles. The van der Waals surface area contributed by atoms with E-state index in [1.165, 1.54) is 4.90 Å². The Bertz CT molecular complexity index is 1160. The topological polar surface area (TPSA) is 60.9 Å². The molecule has 1 N–H and O–H groups in total. The van der Waals surface area contributed by atoms with Gasteiger partial charge in [-0.3, -0.25) is 14.5 Å². The zero-order chi connectivity index (χ0) is 22.8. The number of nitrogens with zero attached hydrogens (tertiary/aromatic N) is 2. The number of hydrogen-bond donors (Lipinski definition) is 1. The quantitative estimate of drug-likeness (QED) is 0.357. The second-order valence-electron chi connectivity index (χ2n) is 8.04. The molecule has 4 rings (SSSR count). The number of aliphatic hydroxyl groups is 1. The molecule has 0 aliphatic carbocycles. The lowest BCUT2D eigenvalue weighted by molar-refractivity contribution is -0.132. The summed E-state index contributed by atoms with van der Waals surface area (Å²) < 4.78 is 0. The Hall–Kier alpha value is -3.86. The number of anilines is 2. The molecule has 1 unspecified atom stereocenters. The highest BCUT2D eigenvalue weighted by atomic mass is 16.3. The van der Waals surface area contributed by atoms with Gasteiger partial charge in [-0.1, -0.05) is 61.5 Å². The third-order valence-electron chi connectivity index (χ3n) is 5.84. The van der Waals surface area contributed by atoms with Crippen molar-refractivity contribution in [2.45, 2.75) is 19.4 Å². The van der Waals surface area contributed by atoms with Gasteiger partial charge in [0.15, 0.2) is 0 Å². The Balaban J connectivity index is 1.87. The monoisotopic (exact) mass is 426 g/mol. The van der Waals surface area contributed by atoms with Crippen molar-refractivity contribution in [2.75, 3.05) is 23.9 Å². The van der Waals surface area contributed by atoms with Crippen LogP contribution in [0.5, 0.6) is 0 Å². The lowest BCUT2D eigenvalue weighted by atomic mass is 9.95. The van der Waals surface area contributed by atoms with Crippen molar-refractivity contribution in [3.8, 4) is 0 Å². The molecule has 162 valence electrons. The SMILES string of the molecule is CCc1ccc(/C(O)=C2\C(=O)C(=O)N(c3ccc(N(C)C)cc3)C2c2ccccc2)cc1. The van der Waals surface area contributed by atoms with Gasteiger partial charge in [-0.2, -0.15) is 0 Å². The summed E-state index contributed by atoms with van der Waals surface area (Å²) in [6, 6.07) is 23.5. The second kappa shape index (κ2) is 8.71. The molecule has 1 heterocycles. The lowest BCUT2D eigenvalue weighted by Crippen LogP contribution is -2.29. The maximum Gasteiger partial charge on any atom is 0.300 e. The van der Waals surface area contributed by atoms with Crippen molar-refractivity contribution in [3.05, 3.63) is 101 Å². The highest BCUT2D eigenvalue weighted by Crippen LogP contribution is 2.42. The lowest BCUT2D eigenvalue weighted by Gasteiger charge is -2.26. The van der Waals surface area contributed by atoms with Gasteiger partial charge >= 0.3 is 0 Å². The molecule has 0 saturated carbocycles. The molecule has 5 nitrogen and oxygen atoms in total. The van der Waals surface area contributed by atoms with E-state index in [-0.39, 0.29) is 11.3 Å². The van der Waals surface area contributed by atoms with Crippen LogP contribution in [-0.2, 0) is 16.0 Å². The summed E-state index contributed by atoms with van der Waals surface area (Å²) in [5.41, 5.74) is 4.09. The number of benzene rings is 3. The molecule has 1 aliphatic rings. The molecule has 0 aromatic heterocycles. The Morgan fingerprint density at radius 2 is 1.53 bits per heavy atom. The molecule has 3 aromatic carbocycles. The molecular formula is C27H26N2O3. The van der Waals surface area contributed by atoms with Gasteiger partial charge in [-0.25, -0.2) is 0 Å². The minimum absolute atomic E-state index is 0.0992. The van der Waals surface area contributed by atoms with Crippen LogP contribution in [0.4, 0.5) is 11.4 Å². The van der Waals surface area contributed by atoms with Crippen LogP contribution in [0.2, 0.25) is 0 Å². The van der Waals surface area contributed by atoms with Gasteiger partial charge in [0.25, 0.3) is 11.7 Å².